The first-order valence-corrected chi connectivity index (χ1v) is 11.2. The number of carbonyl (C=O) groups is 1. The summed E-state index contributed by atoms with van der Waals surface area (Å²) in [6, 6.07) is 11.7. The van der Waals surface area contributed by atoms with Gasteiger partial charge in [0.25, 0.3) is 5.91 Å². The second-order valence-electron chi connectivity index (χ2n) is 8.55. The molecule has 37 heavy (non-hydrogen) atoms. The van der Waals surface area contributed by atoms with Gasteiger partial charge in [-0.05, 0) is 36.4 Å². The van der Waals surface area contributed by atoms with Gasteiger partial charge in [0, 0.05) is 31.3 Å². The molecule has 4 aromatic rings. The van der Waals surface area contributed by atoms with Crippen LogP contribution in [-0.2, 0) is 13.2 Å². The highest BCUT2D eigenvalue weighted by Crippen LogP contribution is 2.35. The molecule has 3 heterocycles. The average Bonchev–Trinajstić information content (AvgIpc) is 3.49. The zero-order valence-corrected chi connectivity index (χ0v) is 20.1. The number of amides is 1. The van der Waals surface area contributed by atoms with Gasteiger partial charge >= 0.3 is 6.18 Å². The maximum absolute atomic E-state index is 13.1. The van der Waals surface area contributed by atoms with Gasteiger partial charge < -0.3 is 18.9 Å². The first kappa shape index (κ1) is 24.3. The molecule has 1 amide bonds. The summed E-state index contributed by atoms with van der Waals surface area (Å²) in [4.78, 5) is 19.0. The summed E-state index contributed by atoms with van der Waals surface area (Å²) in [6.45, 7) is 0.651. The van der Waals surface area contributed by atoms with Crippen molar-refractivity contribution in [3.05, 3.63) is 65.7 Å². The van der Waals surface area contributed by atoms with Crippen LogP contribution in [0.1, 0.15) is 27.9 Å². The number of likely N-dealkylation sites (tertiary alicyclic amines) is 1. The van der Waals surface area contributed by atoms with Crippen LogP contribution in [-0.4, -0.2) is 58.0 Å². The minimum Gasteiger partial charge on any atom is -0.497 e. The fraction of sp³-hybridized carbons (Fsp3) is 0.280. The van der Waals surface area contributed by atoms with Crippen molar-refractivity contribution >= 4 is 5.91 Å². The molecule has 0 aliphatic carbocycles. The molecule has 12 heteroatoms. The summed E-state index contributed by atoms with van der Waals surface area (Å²) >= 11 is 0. The van der Waals surface area contributed by atoms with Gasteiger partial charge in [0.05, 0.1) is 31.4 Å². The van der Waals surface area contributed by atoms with Crippen molar-refractivity contribution in [3.63, 3.8) is 0 Å². The minimum atomic E-state index is -4.47. The van der Waals surface area contributed by atoms with Crippen molar-refractivity contribution in [3.8, 4) is 34.1 Å². The van der Waals surface area contributed by atoms with Crippen LogP contribution in [0, 0.1) is 0 Å². The molecule has 0 spiro atoms. The fourth-order valence-electron chi connectivity index (χ4n) is 4.13. The van der Waals surface area contributed by atoms with Crippen molar-refractivity contribution in [2.45, 2.75) is 12.1 Å². The molecule has 9 nitrogen and oxygen atoms in total. The SMILES string of the molecule is COc1ccc(OC)c(-c2cc(C(=O)N3CC(c4nc(-c5cccc(C(F)(F)F)c5)no4)C3)n(C)n2)c1. The van der Waals surface area contributed by atoms with E-state index >= 15 is 0 Å². The lowest BCUT2D eigenvalue weighted by Gasteiger charge is -2.36. The quantitative estimate of drug-likeness (QED) is 0.377. The molecule has 0 saturated carbocycles. The van der Waals surface area contributed by atoms with Crippen molar-refractivity contribution in [2.24, 2.45) is 7.05 Å². The van der Waals surface area contributed by atoms with Crippen LogP contribution in [0.3, 0.4) is 0 Å². The average molecular weight is 513 g/mol. The van der Waals surface area contributed by atoms with Crippen LogP contribution < -0.4 is 9.47 Å². The molecule has 2 aromatic heterocycles. The third-order valence-corrected chi connectivity index (χ3v) is 6.19. The summed E-state index contributed by atoms with van der Waals surface area (Å²) in [5.41, 5.74) is 1.03. The molecule has 2 aromatic carbocycles. The number of methoxy groups -OCH3 is 2. The van der Waals surface area contributed by atoms with E-state index in [0.717, 1.165) is 12.1 Å². The van der Waals surface area contributed by atoms with Crippen molar-refractivity contribution in [1.82, 2.24) is 24.8 Å². The second-order valence-corrected chi connectivity index (χ2v) is 8.55. The maximum Gasteiger partial charge on any atom is 0.416 e. The van der Waals surface area contributed by atoms with E-state index in [1.807, 2.05) is 0 Å². The molecule has 0 unspecified atom stereocenters. The summed E-state index contributed by atoms with van der Waals surface area (Å²) < 4.78 is 56.6. The number of ether oxygens (including phenoxy) is 2. The number of rotatable bonds is 6. The lowest BCUT2D eigenvalue weighted by atomic mass is 9.99. The van der Waals surface area contributed by atoms with Crippen LogP contribution in [0.2, 0.25) is 0 Å². The van der Waals surface area contributed by atoms with E-state index in [-0.39, 0.29) is 29.1 Å². The Morgan fingerprint density at radius 3 is 2.57 bits per heavy atom. The van der Waals surface area contributed by atoms with Crippen molar-refractivity contribution < 1.29 is 32.0 Å². The molecular weight excluding hydrogens is 491 g/mol. The number of aromatic nitrogens is 4. The molecule has 1 aliphatic rings. The van der Waals surface area contributed by atoms with Crippen LogP contribution in [0.25, 0.3) is 22.6 Å². The second kappa shape index (κ2) is 9.26. The number of hydrogen-bond acceptors (Lipinski definition) is 7. The normalized spacial score (nSPS) is 13.9. The Hall–Kier alpha value is -4.35. The molecule has 0 bridgehead atoms. The number of halogens is 3. The van der Waals surface area contributed by atoms with E-state index in [0.29, 0.717) is 41.5 Å². The van der Waals surface area contributed by atoms with Crippen molar-refractivity contribution in [2.75, 3.05) is 27.3 Å². The van der Waals surface area contributed by atoms with E-state index in [1.165, 1.54) is 16.8 Å². The van der Waals surface area contributed by atoms with Crippen molar-refractivity contribution in [1.29, 1.82) is 0 Å². The van der Waals surface area contributed by atoms with E-state index in [4.69, 9.17) is 14.0 Å². The highest BCUT2D eigenvalue weighted by atomic mass is 19.4. The summed E-state index contributed by atoms with van der Waals surface area (Å²) in [7, 11) is 4.79. The maximum atomic E-state index is 13.1. The number of carbonyl (C=O) groups excluding carboxylic acids is 1. The Balaban J connectivity index is 1.29. The standard InChI is InChI=1S/C25H22F3N5O4/c1-32-20(11-19(30-32)18-10-17(35-2)7-8-21(18)36-3)24(34)33-12-15(13-33)23-29-22(31-37-23)14-5-4-6-16(9-14)25(26,27)28/h4-11,15H,12-13H2,1-3H3. The Morgan fingerprint density at radius 2 is 1.86 bits per heavy atom. The molecule has 1 aliphatic heterocycles. The van der Waals surface area contributed by atoms with Crippen LogP contribution in [0.15, 0.2) is 53.1 Å². The monoisotopic (exact) mass is 513 g/mol. The molecule has 1 saturated heterocycles. The van der Waals surface area contributed by atoms with Gasteiger partial charge in [0.1, 0.15) is 17.2 Å². The van der Waals surface area contributed by atoms with E-state index in [2.05, 4.69) is 15.2 Å². The highest BCUT2D eigenvalue weighted by Gasteiger charge is 2.37. The van der Waals surface area contributed by atoms with Gasteiger partial charge in [-0.25, -0.2) is 0 Å². The topological polar surface area (TPSA) is 95.5 Å². The Bertz CT molecular complexity index is 1460. The summed E-state index contributed by atoms with van der Waals surface area (Å²) in [5.74, 6) is 1.11. The van der Waals surface area contributed by atoms with Gasteiger partial charge in [-0.3, -0.25) is 9.48 Å². The Morgan fingerprint density at radius 1 is 1.08 bits per heavy atom. The number of nitrogens with zero attached hydrogens (tertiary/aromatic N) is 5. The van der Waals surface area contributed by atoms with Gasteiger partial charge in [0.15, 0.2) is 0 Å². The summed E-state index contributed by atoms with van der Waals surface area (Å²) in [6.07, 6.45) is -4.47. The number of alkyl halides is 3. The van der Waals surface area contributed by atoms with Crippen LogP contribution >= 0.6 is 0 Å². The third kappa shape index (κ3) is 4.61. The Labute approximate surface area is 209 Å². The molecule has 1 fully saturated rings. The highest BCUT2D eigenvalue weighted by molar-refractivity contribution is 5.94. The van der Waals surface area contributed by atoms with Gasteiger partial charge in [-0.15, -0.1) is 0 Å². The van der Waals surface area contributed by atoms with Gasteiger partial charge in [-0.1, -0.05) is 17.3 Å². The lowest BCUT2D eigenvalue weighted by molar-refractivity contribution is -0.137. The number of benzene rings is 2. The van der Waals surface area contributed by atoms with Gasteiger partial charge in [-0.2, -0.15) is 23.3 Å². The van der Waals surface area contributed by atoms with E-state index in [9.17, 15) is 18.0 Å². The third-order valence-electron chi connectivity index (χ3n) is 6.19. The largest absolute Gasteiger partial charge is 0.497 e. The first-order chi connectivity index (χ1) is 17.7. The molecule has 0 atom stereocenters. The number of aryl methyl sites for hydroxylation is 1. The predicted octanol–water partition coefficient (Wildman–Crippen LogP) is 4.41. The predicted molar refractivity (Wildman–Crippen MR) is 125 cm³/mol. The fourth-order valence-corrected chi connectivity index (χ4v) is 4.13. The lowest BCUT2D eigenvalue weighted by Crippen LogP contribution is -2.49. The van der Waals surface area contributed by atoms with E-state index < -0.39 is 11.7 Å². The van der Waals surface area contributed by atoms with Crippen LogP contribution in [0.4, 0.5) is 13.2 Å². The smallest absolute Gasteiger partial charge is 0.416 e. The van der Waals surface area contributed by atoms with Crippen LogP contribution in [0.5, 0.6) is 11.5 Å². The molecular formula is C25H22F3N5O4. The van der Waals surface area contributed by atoms with E-state index in [1.54, 1.807) is 50.4 Å². The summed E-state index contributed by atoms with van der Waals surface area (Å²) in [5, 5.41) is 8.31. The molecule has 0 radical (unpaired) electrons. The first-order valence-electron chi connectivity index (χ1n) is 11.2. The molecule has 192 valence electrons. The number of hydrogen-bond donors (Lipinski definition) is 0. The Kier molecular flexibility index (Phi) is 6.10. The zero-order chi connectivity index (χ0) is 26.3. The minimum absolute atomic E-state index is 0.0642. The molecule has 5 rings (SSSR count). The molecule has 0 N–H and O–H groups in total. The van der Waals surface area contributed by atoms with Gasteiger partial charge in [0.2, 0.25) is 11.7 Å². The zero-order valence-electron chi connectivity index (χ0n) is 20.1.